The Morgan fingerprint density at radius 1 is 1.62 bits per heavy atom. The molecule has 0 saturated carbocycles. The van der Waals surface area contributed by atoms with Crippen LogP contribution in [0.3, 0.4) is 0 Å². The van der Waals surface area contributed by atoms with Gasteiger partial charge in [0.15, 0.2) is 0 Å². The van der Waals surface area contributed by atoms with E-state index in [1.54, 1.807) is 6.92 Å². The van der Waals surface area contributed by atoms with Crippen molar-refractivity contribution in [3.63, 3.8) is 0 Å². The highest BCUT2D eigenvalue weighted by atomic mass is 79.9. The fraction of sp³-hybridized carbons (Fsp3) is 0.250. The van der Waals surface area contributed by atoms with Crippen LogP contribution in [-0.4, -0.2) is 4.92 Å². The second kappa shape index (κ2) is 4.07. The summed E-state index contributed by atoms with van der Waals surface area (Å²) in [7, 11) is 0. The van der Waals surface area contributed by atoms with Crippen molar-refractivity contribution in [1.29, 1.82) is 0 Å². The first-order valence-corrected chi connectivity index (χ1v) is 5.05. The SMILES string of the molecule is Cc1cc(CBr)c(Cl)c([N+](=O)[O-])c1. The zero-order valence-corrected chi connectivity index (χ0v) is 9.22. The summed E-state index contributed by atoms with van der Waals surface area (Å²) < 4.78 is 0. The fourth-order valence-corrected chi connectivity index (χ4v) is 1.90. The first-order valence-electron chi connectivity index (χ1n) is 3.55. The maximum absolute atomic E-state index is 10.5. The highest BCUT2D eigenvalue weighted by molar-refractivity contribution is 9.08. The van der Waals surface area contributed by atoms with Crippen LogP contribution in [0, 0.1) is 17.0 Å². The minimum atomic E-state index is -0.471. The van der Waals surface area contributed by atoms with Gasteiger partial charge in [0.25, 0.3) is 5.69 Å². The quantitative estimate of drug-likeness (QED) is 0.466. The summed E-state index contributed by atoms with van der Waals surface area (Å²) in [5, 5.41) is 11.3. The van der Waals surface area contributed by atoms with Crippen molar-refractivity contribution in [2.24, 2.45) is 0 Å². The largest absolute Gasteiger partial charge is 0.288 e. The molecule has 5 heteroatoms. The topological polar surface area (TPSA) is 43.1 Å². The van der Waals surface area contributed by atoms with Gasteiger partial charge in [0, 0.05) is 11.4 Å². The van der Waals surface area contributed by atoms with E-state index in [0.29, 0.717) is 5.33 Å². The van der Waals surface area contributed by atoms with E-state index in [4.69, 9.17) is 11.6 Å². The molecule has 0 unspecified atom stereocenters. The molecule has 0 N–H and O–H groups in total. The van der Waals surface area contributed by atoms with Gasteiger partial charge in [-0.05, 0) is 18.1 Å². The van der Waals surface area contributed by atoms with Gasteiger partial charge in [-0.15, -0.1) is 0 Å². The lowest BCUT2D eigenvalue weighted by molar-refractivity contribution is -0.384. The van der Waals surface area contributed by atoms with Crippen molar-refractivity contribution >= 4 is 33.2 Å². The lowest BCUT2D eigenvalue weighted by Crippen LogP contribution is -1.93. The van der Waals surface area contributed by atoms with E-state index >= 15 is 0 Å². The molecule has 1 aromatic carbocycles. The maximum Gasteiger partial charge on any atom is 0.288 e. The highest BCUT2D eigenvalue weighted by Gasteiger charge is 2.15. The normalized spacial score (nSPS) is 10.1. The third-order valence-electron chi connectivity index (χ3n) is 1.61. The molecule has 1 aromatic rings. The first-order chi connectivity index (χ1) is 6.06. The third kappa shape index (κ3) is 2.19. The van der Waals surface area contributed by atoms with Crippen LogP contribution in [0.2, 0.25) is 5.02 Å². The van der Waals surface area contributed by atoms with Crippen molar-refractivity contribution in [3.05, 3.63) is 38.4 Å². The number of benzene rings is 1. The van der Waals surface area contributed by atoms with E-state index in [1.807, 2.05) is 6.07 Å². The summed E-state index contributed by atoms with van der Waals surface area (Å²) in [6.45, 7) is 1.80. The molecule has 0 saturated heterocycles. The van der Waals surface area contributed by atoms with Crippen LogP contribution >= 0.6 is 27.5 Å². The molecule has 0 aliphatic rings. The summed E-state index contributed by atoms with van der Waals surface area (Å²) in [5.74, 6) is 0. The van der Waals surface area contributed by atoms with Crippen LogP contribution in [0.1, 0.15) is 11.1 Å². The van der Waals surface area contributed by atoms with Gasteiger partial charge >= 0.3 is 0 Å². The zero-order valence-electron chi connectivity index (χ0n) is 6.88. The molecule has 0 amide bonds. The van der Waals surface area contributed by atoms with Gasteiger partial charge in [0.05, 0.1) is 4.92 Å². The Labute approximate surface area is 89.0 Å². The molecule has 0 aromatic heterocycles. The molecule has 0 radical (unpaired) electrons. The summed E-state index contributed by atoms with van der Waals surface area (Å²) in [6.07, 6.45) is 0. The van der Waals surface area contributed by atoms with Gasteiger partial charge in [-0.3, -0.25) is 10.1 Å². The number of nitro benzene ring substituents is 1. The van der Waals surface area contributed by atoms with Crippen LogP contribution in [0.15, 0.2) is 12.1 Å². The Bertz CT molecular complexity index is 354. The lowest BCUT2D eigenvalue weighted by Gasteiger charge is -2.02. The van der Waals surface area contributed by atoms with Gasteiger partial charge in [-0.1, -0.05) is 33.6 Å². The van der Waals surface area contributed by atoms with Crippen LogP contribution in [0.5, 0.6) is 0 Å². The molecule has 0 bridgehead atoms. The zero-order chi connectivity index (χ0) is 10.0. The lowest BCUT2D eigenvalue weighted by atomic mass is 10.1. The molecular formula is C8H7BrClNO2. The number of hydrogen-bond donors (Lipinski definition) is 0. The van der Waals surface area contributed by atoms with Crippen LogP contribution in [0.4, 0.5) is 5.69 Å². The monoisotopic (exact) mass is 263 g/mol. The number of halogens is 2. The minimum Gasteiger partial charge on any atom is -0.258 e. The van der Waals surface area contributed by atoms with Crippen LogP contribution in [0.25, 0.3) is 0 Å². The van der Waals surface area contributed by atoms with Gasteiger partial charge in [0.2, 0.25) is 0 Å². The van der Waals surface area contributed by atoms with E-state index in [0.717, 1.165) is 11.1 Å². The molecule has 1 rings (SSSR count). The van der Waals surface area contributed by atoms with Gasteiger partial charge < -0.3 is 0 Å². The second-order valence-corrected chi connectivity index (χ2v) is 3.59. The van der Waals surface area contributed by atoms with Crippen molar-refractivity contribution < 1.29 is 4.92 Å². The Morgan fingerprint density at radius 2 is 2.23 bits per heavy atom. The number of alkyl halides is 1. The molecule has 70 valence electrons. The predicted molar refractivity (Wildman–Crippen MR) is 55.5 cm³/mol. The van der Waals surface area contributed by atoms with E-state index in [1.165, 1.54) is 6.07 Å². The van der Waals surface area contributed by atoms with Crippen molar-refractivity contribution in [2.75, 3.05) is 0 Å². The van der Waals surface area contributed by atoms with Crippen LogP contribution < -0.4 is 0 Å². The number of nitro groups is 1. The summed E-state index contributed by atoms with van der Waals surface area (Å²) in [6, 6.07) is 3.29. The van der Waals surface area contributed by atoms with Crippen molar-refractivity contribution in [1.82, 2.24) is 0 Å². The number of nitrogens with zero attached hydrogens (tertiary/aromatic N) is 1. The Morgan fingerprint density at radius 3 is 2.69 bits per heavy atom. The number of rotatable bonds is 2. The first kappa shape index (κ1) is 10.5. The van der Waals surface area contributed by atoms with Gasteiger partial charge in [-0.2, -0.15) is 0 Å². The average molecular weight is 265 g/mol. The highest BCUT2D eigenvalue weighted by Crippen LogP contribution is 2.30. The molecule has 0 atom stereocenters. The van der Waals surface area contributed by atoms with Crippen LogP contribution in [-0.2, 0) is 5.33 Å². The fourth-order valence-electron chi connectivity index (χ4n) is 1.05. The molecule has 0 aliphatic carbocycles. The van der Waals surface area contributed by atoms with Crippen molar-refractivity contribution in [3.8, 4) is 0 Å². The molecule has 0 spiro atoms. The molecule has 0 heterocycles. The minimum absolute atomic E-state index is 0.0314. The second-order valence-electron chi connectivity index (χ2n) is 2.65. The number of aryl methyl sites for hydroxylation is 1. The van der Waals surface area contributed by atoms with Gasteiger partial charge in [-0.25, -0.2) is 0 Å². The predicted octanol–water partition coefficient (Wildman–Crippen LogP) is 3.45. The van der Waals surface area contributed by atoms with Crippen molar-refractivity contribution in [2.45, 2.75) is 12.3 Å². The Kier molecular flexibility index (Phi) is 3.27. The van der Waals surface area contributed by atoms with Gasteiger partial charge in [0.1, 0.15) is 5.02 Å². The standard InChI is InChI=1S/C8H7BrClNO2/c1-5-2-6(4-9)8(10)7(3-5)11(12)13/h2-3H,4H2,1H3. The summed E-state index contributed by atoms with van der Waals surface area (Å²) >= 11 is 9.02. The average Bonchev–Trinajstić information content (AvgIpc) is 2.08. The number of hydrogen-bond acceptors (Lipinski definition) is 2. The summed E-state index contributed by atoms with van der Waals surface area (Å²) in [5.41, 5.74) is 1.55. The van der Waals surface area contributed by atoms with E-state index < -0.39 is 4.92 Å². The molecule has 13 heavy (non-hydrogen) atoms. The maximum atomic E-state index is 10.5. The van der Waals surface area contributed by atoms with E-state index in [2.05, 4.69) is 15.9 Å². The summed E-state index contributed by atoms with van der Waals surface area (Å²) in [4.78, 5) is 10.1. The molecular weight excluding hydrogens is 257 g/mol. The van der Waals surface area contributed by atoms with E-state index in [-0.39, 0.29) is 10.7 Å². The Hall–Kier alpha value is -0.610. The van der Waals surface area contributed by atoms with E-state index in [9.17, 15) is 10.1 Å². The molecule has 0 aliphatic heterocycles. The third-order valence-corrected chi connectivity index (χ3v) is 2.65. The molecule has 0 fully saturated rings. The molecule has 3 nitrogen and oxygen atoms in total. The smallest absolute Gasteiger partial charge is 0.258 e. The Balaban J connectivity index is 3.35.